The highest BCUT2D eigenvalue weighted by atomic mass is 127. The van der Waals surface area contributed by atoms with Crippen molar-refractivity contribution in [3.8, 4) is 0 Å². The highest BCUT2D eigenvalue weighted by Gasteiger charge is 2.29. The molecule has 0 aliphatic heterocycles. The lowest BCUT2D eigenvalue weighted by Gasteiger charge is -2.22. The van der Waals surface area contributed by atoms with Crippen molar-refractivity contribution in [3.63, 3.8) is 0 Å². The van der Waals surface area contributed by atoms with Gasteiger partial charge in [-0.1, -0.05) is 12.1 Å². The number of halogens is 4. The van der Waals surface area contributed by atoms with Gasteiger partial charge in [0.15, 0.2) is 5.96 Å². The smallest absolute Gasteiger partial charge is 0.416 e. The summed E-state index contributed by atoms with van der Waals surface area (Å²) in [5.74, 6) is 1.91. The first-order valence-electron chi connectivity index (χ1n) is 7.71. The summed E-state index contributed by atoms with van der Waals surface area (Å²) in [5.41, 5.74) is 0.933. The number of rotatable bonds is 4. The van der Waals surface area contributed by atoms with Crippen molar-refractivity contribution in [1.82, 2.24) is 15.2 Å². The largest absolute Gasteiger partial charge is 0.444 e. The van der Waals surface area contributed by atoms with Crippen LogP contribution in [0.3, 0.4) is 0 Å². The predicted molar refractivity (Wildman–Crippen MR) is 105 cm³/mol. The maximum Gasteiger partial charge on any atom is 0.416 e. The maximum atomic E-state index is 12.6. The molecule has 26 heavy (non-hydrogen) atoms. The third-order valence-electron chi connectivity index (χ3n) is 3.74. The summed E-state index contributed by atoms with van der Waals surface area (Å²) >= 11 is 0. The van der Waals surface area contributed by atoms with Crippen LogP contribution in [0, 0.1) is 13.8 Å². The van der Waals surface area contributed by atoms with Gasteiger partial charge in [0.1, 0.15) is 5.76 Å². The Labute approximate surface area is 167 Å². The quantitative estimate of drug-likeness (QED) is 0.405. The van der Waals surface area contributed by atoms with E-state index in [4.69, 9.17) is 4.42 Å². The summed E-state index contributed by atoms with van der Waals surface area (Å²) in [5, 5.41) is 3.12. The number of nitrogens with one attached hydrogen (secondary N) is 1. The van der Waals surface area contributed by atoms with Gasteiger partial charge in [0, 0.05) is 20.6 Å². The Morgan fingerprint density at radius 3 is 2.31 bits per heavy atom. The molecule has 1 aromatic carbocycles. The van der Waals surface area contributed by atoms with E-state index in [0.29, 0.717) is 24.9 Å². The Morgan fingerprint density at radius 2 is 1.85 bits per heavy atom. The molecule has 1 heterocycles. The zero-order valence-corrected chi connectivity index (χ0v) is 17.3. The number of aryl methyl sites for hydroxylation is 2. The van der Waals surface area contributed by atoms with E-state index in [1.807, 2.05) is 18.7 Å². The van der Waals surface area contributed by atoms with E-state index in [2.05, 4.69) is 15.3 Å². The molecular formula is C17H22F3IN4O. The predicted octanol–water partition coefficient (Wildman–Crippen LogP) is 4.14. The van der Waals surface area contributed by atoms with Gasteiger partial charge < -0.3 is 14.6 Å². The SMILES string of the molecule is CN=C(NCc1nc(C)c(C)o1)N(C)Cc1ccc(C(F)(F)F)cc1.I. The Hall–Kier alpha value is -1.78. The van der Waals surface area contributed by atoms with Crippen LogP contribution in [0.25, 0.3) is 0 Å². The van der Waals surface area contributed by atoms with E-state index < -0.39 is 11.7 Å². The van der Waals surface area contributed by atoms with Gasteiger partial charge in [0.25, 0.3) is 0 Å². The molecule has 0 aliphatic carbocycles. The normalized spacial score (nSPS) is 11.9. The van der Waals surface area contributed by atoms with Gasteiger partial charge in [-0.15, -0.1) is 24.0 Å². The molecule has 144 valence electrons. The summed E-state index contributed by atoms with van der Waals surface area (Å²) in [7, 11) is 3.44. The van der Waals surface area contributed by atoms with Gasteiger partial charge in [-0.05, 0) is 31.5 Å². The van der Waals surface area contributed by atoms with Crippen molar-refractivity contribution < 1.29 is 17.6 Å². The van der Waals surface area contributed by atoms with Crippen LogP contribution in [-0.4, -0.2) is 29.9 Å². The Bertz CT molecular complexity index is 722. The first-order valence-corrected chi connectivity index (χ1v) is 7.71. The molecule has 1 aromatic heterocycles. The van der Waals surface area contributed by atoms with Gasteiger partial charge >= 0.3 is 6.18 Å². The van der Waals surface area contributed by atoms with Gasteiger partial charge in [0.05, 0.1) is 17.8 Å². The van der Waals surface area contributed by atoms with Gasteiger partial charge in [-0.25, -0.2) is 4.98 Å². The first-order chi connectivity index (χ1) is 11.7. The Kier molecular flexibility index (Phi) is 7.91. The molecule has 0 spiro atoms. The molecule has 0 saturated carbocycles. The number of nitrogens with zero attached hydrogens (tertiary/aromatic N) is 3. The van der Waals surface area contributed by atoms with E-state index >= 15 is 0 Å². The lowest BCUT2D eigenvalue weighted by atomic mass is 10.1. The second-order valence-electron chi connectivity index (χ2n) is 5.70. The van der Waals surface area contributed by atoms with Crippen LogP contribution in [0.5, 0.6) is 0 Å². The molecule has 9 heteroatoms. The first kappa shape index (κ1) is 22.3. The highest BCUT2D eigenvalue weighted by Crippen LogP contribution is 2.29. The molecular weight excluding hydrogens is 460 g/mol. The summed E-state index contributed by atoms with van der Waals surface area (Å²) < 4.78 is 43.3. The maximum absolute atomic E-state index is 12.6. The monoisotopic (exact) mass is 482 g/mol. The molecule has 0 saturated heterocycles. The van der Waals surface area contributed by atoms with E-state index in [1.165, 1.54) is 12.1 Å². The average molecular weight is 482 g/mol. The Balaban J connectivity index is 0.00000338. The van der Waals surface area contributed by atoms with Crippen molar-refractivity contribution in [1.29, 1.82) is 0 Å². The third-order valence-corrected chi connectivity index (χ3v) is 3.74. The van der Waals surface area contributed by atoms with Crippen LogP contribution < -0.4 is 5.32 Å². The third kappa shape index (κ3) is 5.89. The zero-order chi connectivity index (χ0) is 18.6. The number of oxazole rings is 1. The molecule has 0 amide bonds. The van der Waals surface area contributed by atoms with Crippen LogP contribution >= 0.6 is 24.0 Å². The molecule has 2 aromatic rings. The average Bonchev–Trinajstić information content (AvgIpc) is 2.86. The minimum atomic E-state index is -4.33. The second kappa shape index (κ2) is 9.24. The summed E-state index contributed by atoms with van der Waals surface area (Å²) in [6.07, 6.45) is -4.33. The molecule has 0 atom stereocenters. The number of hydrogen-bond acceptors (Lipinski definition) is 3. The zero-order valence-electron chi connectivity index (χ0n) is 15.0. The molecule has 0 radical (unpaired) electrons. The molecule has 2 rings (SSSR count). The van der Waals surface area contributed by atoms with Gasteiger partial charge in [-0.2, -0.15) is 13.2 Å². The number of benzene rings is 1. The van der Waals surface area contributed by atoms with Crippen molar-refractivity contribution in [2.24, 2.45) is 4.99 Å². The van der Waals surface area contributed by atoms with Crippen molar-refractivity contribution in [2.45, 2.75) is 33.1 Å². The van der Waals surface area contributed by atoms with Gasteiger partial charge in [0.2, 0.25) is 5.89 Å². The van der Waals surface area contributed by atoms with Crippen LogP contribution in [0.2, 0.25) is 0 Å². The van der Waals surface area contributed by atoms with Crippen LogP contribution in [-0.2, 0) is 19.3 Å². The lowest BCUT2D eigenvalue weighted by Crippen LogP contribution is -2.38. The summed E-state index contributed by atoms with van der Waals surface area (Å²) in [4.78, 5) is 10.3. The molecule has 5 nitrogen and oxygen atoms in total. The number of hydrogen-bond donors (Lipinski definition) is 1. The van der Waals surface area contributed by atoms with E-state index in [1.54, 1.807) is 14.1 Å². The van der Waals surface area contributed by atoms with Gasteiger partial charge in [-0.3, -0.25) is 4.99 Å². The topological polar surface area (TPSA) is 53.7 Å². The fourth-order valence-corrected chi connectivity index (χ4v) is 2.30. The number of guanidine groups is 1. The van der Waals surface area contributed by atoms with Crippen molar-refractivity contribution in [3.05, 3.63) is 52.7 Å². The fourth-order valence-electron chi connectivity index (χ4n) is 2.30. The standard InChI is InChI=1S/C17H21F3N4O.HI/c1-11-12(2)25-15(23-11)9-22-16(21-3)24(4)10-13-5-7-14(8-6-13)17(18,19)20;/h5-8H,9-10H2,1-4H3,(H,21,22);1H. The minimum absolute atomic E-state index is 0. The van der Waals surface area contributed by atoms with E-state index in [0.717, 1.165) is 29.2 Å². The second-order valence-corrected chi connectivity index (χ2v) is 5.70. The lowest BCUT2D eigenvalue weighted by molar-refractivity contribution is -0.137. The minimum Gasteiger partial charge on any atom is -0.444 e. The molecule has 1 N–H and O–H groups in total. The number of aliphatic imine (C=N–C) groups is 1. The van der Waals surface area contributed by atoms with Crippen LogP contribution in [0.15, 0.2) is 33.7 Å². The van der Waals surface area contributed by atoms with E-state index in [-0.39, 0.29) is 24.0 Å². The Morgan fingerprint density at radius 1 is 1.23 bits per heavy atom. The summed E-state index contributed by atoms with van der Waals surface area (Å²) in [6.45, 7) is 4.51. The molecule has 0 fully saturated rings. The summed E-state index contributed by atoms with van der Waals surface area (Å²) in [6, 6.07) is 5.09. The molecule has 0 bridgehead atoms. The molecule has 0 aliphatic rings. The van der Waals surface area contributed by atoms with E-state index in [9.17, 15) is 13.2 Å². The van der Waals surface area contributed by atoms with Crippen LogP contribution in [0.4, 0.5) is 13.2 Å². The number of alkyl halides is 3. The van der Waals surface area contributed by atoms with Crippen molar-refractivity contribution in [2.75, 3.05) is 14.1 Å². The molecule has 0 unspecified atom stereocenters. The number of aromatic nitrogens is 1. The van der Waals surface area contributed by atoms with Crippen molar-refractivity contribution >= 4 is 29.9 Å². The van der Waals surface area contributed by atoms with Crippen LogP contribution in [0.1, 0.15) is 28.5 Å². The fraction of sp³-hybridized carbons (Fsp3) is 0.412. The highest BCUT2D eigenvalue weighted by molar-refractivity contribution is 14.0.